The van der Waals surface area contributed by atoms with E-state index in [1.165, 1.54) is 12.8 Å². The molecular weight excluding hydrogens is 376 g/mol. The molecule has 0 atom stereocenters. The van der Waals surface area contributed by atoms with E-state index in [9.17, 15) is 4.79 Å². The summed E-state index contributed by atoms with van der Waals surface area (Å²) in [5, 5.41) is 4.74. The van der Waals surface area contributed by atoms with Crippen LogP contribution in [0.3, 0.4) is 0 Å². The summed E-state index contributed by atoms with van der Waals surface area (Å²) in [5.41, 5.74) is 2.63. The quantitative estimate of drug-likeness (QED) is 0.603. The Hall–Kier alpha value is -1.42. The SMILES string of the molecule is CC(C)CC(=O)c1cnc2ccc(Br)cc2c1NC1CCC(C)CC1. The average molecular weight is 403 g/mol. The van der Waals surface area contributed by atoms with Crippen molar-refractivity contribution in [2.45, 2.75) is 58.9 Å². The van der Waals surface area contributed by atoms with E-state index in [2.05, 4.69) is 53.1 Å². The maximum Gasteiger partial charge on any atom is 0.166 e. The Morgan fingerprint density at radius 2 is 2.00 bits per heavy atom. The lowest BCUT2D eigenvalue weighted by Crippen LogP contribution is -2.26. The zero-order valence-corrected chi connectivity index (χ0v) is 16.9. The van der Waals surface area contributed by atoms with E-state index in [1.54, 1.807) is 6.20 Å². The van der Waals surface area contributed by atoms with Crippen LogP contribution in [-0.2, 0) is 0 Å². The van der Waals surface area contributed by atoms with E-state index in [-0.39, 0.29) is 5.78 Å². The number of benzene rings is 1. The molecule has 4 heteroatoms. The molecular formula is C21H27BrN2O. The smallest absolute Gasteiger partial charge is 0.166 e. The van der Waals surface area contributed by atoms with Crippen molar-refractivity contribution < 1.29 is 4.79 Å². The summed E-state index contributed by atoms with van der Waals surface area (Å²) in [7, 11) is 0. The van der Waals surface area contributed by atoms with Gasteiger partial charge in [-0.2, -0.15) is 0 Å². The monoisotopic (exact) mass is 402 g/mol. The van der Waals surface area contributed by atoms with E-state index < -0.39 is 0 Å². The summed E-state index contributed by atoms with van der Waals surface area (Å²) in [4.78, 5) is 17.3. The predicted octanol–water partition coefficient (Wildman–Crippen LogP) is 6.22. The molecule has 0 spiro atoms. The molecule has 25 heavy (non-hydrogen) atoms. The fourth-order valence-corrected chi connectivity index (χ4v) is 3.98. The third-order valence-corrected chi connectivity index (χ3v) is 5.58. The van der Waals surface area contributed by atoms with Gasteiger partial charge in [0.1, 0.15) is 0 Å². The van der Waals surface area contributed by atoms with Crippen LogP contribution in [0.25, 0.3) is 10.9 Å². The van der Waals surface area contributed by atoms with E-state index in [0.29, 0.717) is 18.4 Å². The molecule has 2 aromatic rings. The number of carbonyl (C=O) groups is 1. The Bertz CT molecular complexity index is 764. The van der Waals surface area contributed by atoms with E-state index in [0.717, 1.165) is 45.4 Å². The molecule has 0 saturated heterocycles. The van der Waals surface area contributed by atoms with Gasteiger partial charge < -0.3 is 5.32 Å². The fraction of sp³-hybridized carbons (Fsp3) is 0.524. The van der Waals surface area contributed by atoms with Crippen molar-refractivity contribution in [3.05, 3.63) is 34.4 Å². The average Bonchev–Trinajstić information content (AvgIpc) is 2.56. The minimum atomic E-state index is 0.177. The molecule has 1 aliphatic carbocycles. The molecule has 0 bridgehead atoms. The third kappa shape index (κ3) is 4.41. The number of carbonyl (C=O) groups excluding carboxylic acids is 1. The van der Waals surface area contributed by atoms with Crippen molar-refractivity contribution in [1.82, 2.24) is 4.98 Å². The first kappa shape index (κ1) is 18.4. The maximum absolute atomic E-state index is 12.8. The summed E-state index contributed by atoms with van der Waals surface area (Å²) in [6.45, 7) is 6.49. The zero-order chi connectivity index (χ0) is 18.0. The first-order valence-corrected chi connectivity index (χ1v) is 10.1. The van der Waals surface area contributed by atoms with Crippen LogP contribution in [0.1, 0.15) is 63.2 Å². The number of rotatable bonds is 5. The number of nitrogens with zero attached hydrogens (tertiary/aromatic N) is 1. The number of pyridine rings is 1. The van der Waals surface area contributed by atoms with Gasteiger partial charge in [-0.25, -0.2) is 0 Å². The summed E-state index contributed by atoms with van der Waals surface area (Å²) in [6.07, 6.45) is 7.14. The second-order valence-electron chi connectivity index (χ2n) is 7.83. The van der Waals surface area contributed by atoms with Crippen LogP contribution >= 0.6 is 15.9 Å². The molecule has 1 aromatic carbocycles. The number of fused-ring (bicyclic) bond motifs is 1. The van der Waals surface area contributed by atoms with Crippen LogP contribution in [0, 0.1) is 11.8 Å². The van der Waals surface area contributed by atoms with Crippen molar-refractivity contribution in [2.75, 3.05) is 5.32 Å². The summed E-state index contributed by atoms with van der Waals surface area (Å²) in [5.74, 6) is 1.33. The molecule has 3 rings (SSSR count). The van der Waals surface area contributed by atoms with Crippen LogP contribution in [0.15, 0.2) is 28.9 Å². The van der Waals surface area contributed by atoms with Crippen LogP contribution in [-0.4, -0.2) is 16.8 Å². The fourth-order valence-electron chi connectivity index (χ4n) is 3.62. The summed E-state index contributed by atoms with van der Waals surface area (Å²) in [6, 6.07) is 6.51. The van der Waals surface area contributed by atoms with Crippen LogP contribution in [0.2, 0.25) is 0 Å². The minimum Gasteiger partial charge on any atom is -0.381 e. The Kier molecular flexibility index (Phi) is 5.78. The molecule has 134 valence electrons. The Morgan fingerprint density at radius 3 is 2.68 bits per heavy atom. The van der Waals surface area contributed by atoms with E-state index >= 15 is 0 Å². The van der Waals surface area contributed by atoms with Gasteiger partial charge in [0.2, 0.25) is 0 Å². The van der Waals surface area contributed by atoms with Crippen molar-refractivity contribution in [2.24, 2.45) is 11.8 Å². The molecule has 0 amide bonds. The van der Waals surface area contributed by atoms with Crippen molar-refractivity contribution >= 4 is 38.3 Å². The number of anilines is 1. The van der Waals surface area contributed by atoms with Gasteiger partial charge >= 0.3 is 0 Å². The van der Waals surface area contributed by atoms with Crippen LogP contribution < -0.4 is 5.32 Å². The number of hydrogen-bond acceptors (Lipinski definition) is 3. The highest BCUT2D eigenvalue weighted by atomic mass is 79.9. The molecule has 1 heterocycles. The molecule has 0 radical (unpaired) electrons. The highest BCUT2D eigenvalue weighted by Gasteiger charge is 2.22. The van der Waals surface area contributed by atoms with Crippen LogP contribution in [0.4, 0.5) is 5.69 Å². The second kappa shape index (κ2) is 7.86. The first-order chi connectivity index (χ1) is 11.9. The highest BCUT2D eigenvalue weighted by Crippen LogP contribution is 2.33. The number of ketones is 1. The normalized spacial score (nSPS) is 20.8. The van der Waals surface area contributed by atoms with Gasteiger partial charge in [-0.3, -0.25) is 9.78 Å². The lowest BCUT2D eigenvalue weighted by molar-refractivity contribution is 0.0968. The standard InChI is InChI=1S/C21H27BrN2O/c1-13(2)10-20(25)18-12-23-19-9-6-15(22)11-17(19)21(18)24-16-7-4-14(3)5-8-16/h6,9,11-14,16H,4-5,7-8,10H2,1-3H3,(H,23,24). The lowest BCUT2D eigenvalue weighted by Gasteiger charge is -2.29. The maximum atomic E-state index is 12.8. The molecule has 1 saturated carbocycles. The number of halogens is 1. The molecule has 0 aliphatic heterocycles. The number of aromatic nitrogens is 1. The van der Waals surface area contributed by atoms with Gasteiger partial charge in [0.25, 0.3) is 0 Å². The third-order valence-electron chi connectivity index (χ3n) is 5.09. The van der Waals surface area contributed by atoms with Crippen molar-refractivity contribution in [1.29, 1.82) is 0 Å². The second-order valence-corrected chi connectivity index (χ2v) is 8.75. The van der Waals surface area contributed by atoms with Gasteiger partial charge in [-0.15, -0.1) is 0 Å². The highest BCUT2D eigenvalue weighted by molar-refractivity contribution is 9.10. The van der Waals surface area contributed by atoms with Gasteiger partial charge in [-0.05, 0) is 55.7 Å². The number of hydrogen-bond donors (Lipinski definition) is 1. The molecule has 3 nitrogen and oxygen atoms in total. The van der Waals surface area contributed by atoms with Crippen LogP contribution in [0.5, 0.6) is 0 Å². The molecule has 1 aliphatic rings. The van der Waals surface area contributed by atoms with Gasteiger partial charge in [0.15, 0.2) is 5.78 Å². The van der Waals surface area contributed by atoms with E-state index in [4.69, 9.17) is 0 Å². The molecule has 1 aromatic heterocycles. The van der Waals surface area contributed by atoms with Crippen molar-refractivity contribution in [3.8, 4) is 0 Å². The van der Waals surface area contributed by atoms with Gasteiger partial charge in [0, 0.05) is 28.5 Å². The minimum absolute atomic E-state index is 0.177. The Morgan fingerprint density at radius 1 is 1.28 bits per heavy atom. The molecule has 1 fully saturated rings. The Balaban J connectivity index is 2.01. The number of nitrogens with one attached hydrogen (secondary N) is 1. The molecule has 1 N–H and O–H groups in total. The zero-order valence-electron chi connectivity index (χ0n) is 15.3. The lowest BCUT2D eigenvalue weighted by atomic mass is 9.87. The van der Waals surface area contributed by atoms with Gasteiger partial charge in [-0.1, -0.05) is 36.7 Å². The largest absolute Gasteiger partial charge is 0.381 e. The molecule has 0 unspecified atom stereocenters. The van der Waals surface area contributed by atoms with Crippen molar-refractivity contribution in [3.63, 3.8) is 0 Å². The van der Waals surface area contributed by atoms with Gasteiger partial charge in [0.05, 0.1) is 16.8 Å². The topological polar surface area (TPSA) is 42.0 Å². The summed E-state index contributed by atoms with van der Waals surface area (Å²) >= 11 is 3.56. The summed E-state index contributed by atoms with van der Waals surface area (Å²) < 4.78 is 1.01. The van der Waals surface area contributed by atoms with E-state index in [1.807, 2.05) is 12.1 Å². The number of Topliss-reactive ketones (excluding diaryl/α,β-unsaturated/α-hetero) is 1. The Labute approximate surface area is 158 Å². The predicted molar refractivity (Wildman–Crippen MR) is 108 cm³/mol. The first-order valence-electron chi connectivity index (χ1n) is 9.32.